The van der Waals surface area contributed by atoms with Gasteiger partial charge in [-0.25, -0.2) is 0 Å². The minimum absolute atomic E-state index is 0.213. The molecular weight excluding hydrogens is 524 g/mol. The van der Waals surface area contributed by atoms with Crippen molar-refractivity contribution in [3.63, 3.8) is 0 Å². The fraction of sp³-hybridized carbons (Fsp3) is 0.406. The maximum Gasteiger partial charge on any atom is 0.311 e. The zero-order valence-electron chi connectivity index (χ0n) is 22.9. The second kappa shape index (κ2) is 9.93. The zero-order valence-corrected chi connectivity index (χ0v) is 23.8. The summed E-state index contributed by atoms with van der Waals surface area (Å²) in [5.74, 6) is -2.52. The number of hydrogen-bond acceptors (Lipinski definition) is 6. The maximum absolute atomic E-state index is 14.9. The lowest BCUT2D eigenvalue weighted by atomic mass is 9.74. The Morgan fingerprint density at radius 3 is 2.40 bits per heavy atom. The van der Waals surface area contributed by atoms with Crippen LogP contribution >= 0.6 is 11.8 Å². The van der Waals surface area contributed by atoms with Crippen molar-refractivity contribution in [1.82, 2.24) is 4.90 Å². The van der Waals surface area contributed by atoms with Crippen molar-refractivity contribution < 1.29 is 24.2 Å². The van der Waals surface area contributed by atoms with Crippen molar-refractivity contribution in [2.24, 2.45) is 11.8 Å². The van der Waals surface area contributed by atoms with Gasteiger partial charge in [-0.05, 0) is 43.9 Å². The summed E-state index contributed by atoms with van der Waals surface area (Å²) in [6, 6.07) is 13.6. The van der Waals surface area contributed by atoms with E-state index < -0.39 is 39.4 Å². The molecule has 8 heteroatoms. The number of para-hydroxylation sites is 1. The Hall–Kier alpha value is -3.36. The number of amides is 2. The Labute approximate surface area is 238 Å². The number of carbonyl (C=O) groups is 3. The minimum Gasteiger partial charge on any atom is -0.465 e. The van der Waals surface area contributed by atoms with Crippen LogP contribution in [0, 0.1) is 25.7 Å². The maximum atomic E-state index is 14.9. The average molecular weight is 559 g/mol. The molecule has 0 aromatic heterocycles. The van der Waals surface area contributed by atoms with Crippen LogP contribution in [0.3, 0.4) is 0 Å². The highest BCUT2D eigenvalue weighted by atomic mass is 32.2. The number of carbonyl (C=O) groups excluding carboxylic acids is 3. The first-order chi connectivity index (χ1) is 19.2. The summed E-state index contributed by atoms with van der Waals surface area (Å²) < 4.78 is 3.89. The third-order valence-electron chi connectivity index (χ3n) is 8.86. The van der Waals surface area contributed by atoms with Crippen LogP contribution in [0.25, 0.3) is 0 Å². The Morgan fingerprint density at radius 2 is 1.70 bits per heavy atom. The lowest BCUT2D eigenvalue weighted by Gasteiger charge is -2.40. The van der Waals surface area contributed by atoms with Gasteiger partial charge in [-0.3, -0.25) is 14.4 Å². The zero-order chi connectivity index (χ0) is 28.2. The van der Waals surface area contributed by atoms with Crippen molar-refractivity contribution in [2.45, 2.75) is 48.8 Å². The van der Waals surface area contributed by atoms with Crippen LogP contribution in [0.1, 0.15) is 36.1 Å². The van der Waals surface area contributed by atoms with E-state index in [9.17, 15) is 19.5 Å². The Balaban J connectivity index is 1.56. The number of anilines is 1. The molecule has 0 bridgehead atoms. The number of aliphatic hydroxyl groups excluding tert-OH is 1. The van der Waals surface area contributed by atoms with Crippen LogP contribution in [-0.2, 0) is 19.1 Å². The summed E-state index contributed by atoms with van der Waals surface area (Å²) in [6.45, 7) is 6.18. The van der Waals surface area contributed by atoms with Crippen molar-refractivity contribution >= 4 is 35.2 Å². The number of thioether (sulfide) groups is 1. The van der Waals surface area contributed by atoms with Crippen LogP contribution < -0.4 is 4.90 Å². The summed E-state index contributed by atoms with van der Waals surface area (Å²) in [4.78, 5) is 46.4. The number of esters is 1. The molecule has 4 aliphatic rings. The quantitative estimate of drug-likeness (QED) is 0.449. The topological polar surface area (TPSA) is 87.2 Å². The highest BCUT2D eigenvalue weighted by Crippen LogP contribution is 2.66. The van der Waals surface area contributed by atoms with Crippen LogP contribution in [0.15, 0.2) is 72.8 Å². The predicted molar refractivity (Wildman–Crippen MR) is 155 cm³/mol. The second-order valence-corrected chi connectivity index (χ2v) is 13.1. The fourth-order valence-corrected chi connectivity index (χ4v) is 9.36. The van der Waals surface area contributed by atoms with Gasteiger partial charge in [0.15, 0.2) is 0 Å². The largest absolute Gasteiger partial charge is 0.465 e. The number of fused-ring (bicyclic) bond motifs is 2. The third-order valence-corrected chi connectivity index (χ3v) is 10.7. The first kappa shape index (κ1) is 26.8. The highest BCUT2D eigenvalue weighted by Gasteiger charge is 2.74. The number of cyclic esters (lactones) is 1. The van der Waals surface area contributed by atoms with Crippen LogP contribution in [0.5, 0.6) is 0 Å². The standard InChI is InChI=1S/C32H34N2O5S/c1-20-11-9-12-21(2)26(20)33-17-10-16-32-24(25-30(38)39-18-8-7-15-31(25,3)40-32)28(36)34(27(32)29(33)37)23(19-35)22-13-5-4-6-14-22/h4-7,9-16,23-25,27,35H,8,17-19H2,1-3H3/t23-,24+,25+,27?,31-,32+/m1/s1. The molecule has 2 saturated heterocycles. The molecule has 2 aromatic carbocycles. The minimum atomic E-state index is -1.02. The molecule has 6 atom stereocenters. The third kappa shape index (κ3) is 3.87. The van der Waals surface area contributed by atoms with Gasteiger partial charge in [-0.15, -0.1) is 11.8 Å². The molecule has 208 valence electrons. The molecule has 7 nitrogen and oxygen atoms in total. The van der Waals surface area contributed by atoms with E-state index in [0.717, 1.165) is 22.4 Å². The van der Waals surface area contributed by atoms with Gasteiger partial charge in [-0.2, -0.15) is 0 Å². The van der Waals surface area contributed by atoms with Gasteiger partial charge in [0.25, 0.3) is 5.91 Å². The van der Waals surface area contributed by atoms with Crippen molar-refractivity contribution in [2.75, 3.05) is 24.7 Å². The molecular formula is C32H34N2O5S. The molecule has 4 heterocycles. The Kier molecular flexibility index (Phi) is 6.66. The van der Waals surface area contributed by atoms with Crippen molar-refractivity contribution in [3.8, 4) is 0 Å². The van der Waals surface area contributed by atoms with E-state index in [1.807, 2.05) is 93.6 Å². The molecule has 0 saturated carbocycles. The number of aryl methyl sites for hydroxylation is 2. The second-order valence-electron chi connectivity index (χ2n) is 11.3. The number of rotatable bonds is 4. The summed E-state index contributed by atoms with van der Waals surface area (Å²) >= 11 is 1.51. The van der Waals surface area contributed by atoms with Crippen LogP contribution in [0.4, 0.5) is 5.69 Å². The van der Waals surface area contributed by atoms with E-state index in [-0.39, 0.29) is 25.0 Å². The molecule has 2 amide bonds. The van der Waals surface area contributed by atoms with Gasteiger partial charge < -0.3 is 19.6 Å². The summed E-state index contributed by atoms with van der Waals surface area (Å²) in [6.07, 6.45) is 8.60. The van der Waals surface area contributed by atoms with Gasteiger partial charge in [0.2, 0.25) is 5.91 Å². The molecule has 6 rings (SSSR count). The highest BCUT2D eigenvalue weighted by molar-refractivity contribution is 8.02. The Bertz CT molecular complexity index is 1400. The smallest absolute Gasteiger partial charge is 0.311 e. The average Bonchev–Trinajstić information content (AvgIpc) is 3.25. The van der Waals surface area contributed by atoms with Gasteiger partial charge >= 0.3 is 5.97 Å². The molecule has 1 spiro atoms. The van der Waals surface area contributed by atoms with Crippen molar-refractivity contribution in [3.05, 3.63) is 89.5 Å². The van der Waals surface area contributed by atoms with E-state index in [1.165, 1.54) is 11.8 Å². The number of hydrogen-bond donors (Lipinski definition) is 1. The number of likely N-dealkylation sites (tertiary alicyclic amines) is 1. The van der Waals surface area contributed by atoms with E-state index in [1.54, 1.807) is 9.80 Å². The molecule has 1 N–H and O–H groups in total. The Morgan fingerprint density at radius 1 is 0.975 bits per heavy atom. The molecule has 1 unspecified atom stereocenters. The fourth-order valence-electron chi connectivity index (χ4n) is 7.22. The number of ether oxygens (including phenoxy) is 1. The normalized spacial score (nSPS) is 32.1. The summed E-state index contributed by atoms with van der Waals surface area (Å²) in [7, 11) is 0. The van der Waals surface area contributed by atoms with E-state index in [4.69, 9.17) is 4.74 Å². The molecule has 0 radical (unpaired) electrons. The summed E-state index contributed by atoms with van der Waals surface area (Å²) in [5.41, 5.74) is 3.49. The number of aliphatic hydroxyl groups is 1. The van der Waals surface area contributed by atoms with Gasteiger partial charge in [0.05, 0.1) is 35.8 Å². The molecule has 2 aromatic rings. The number of nitrogens with zero attached hydrogens (tertiary/aromatic N) is 2. The number of benzene rings is 2. The lowest BCUT2D eigenvalue weighted by molar-refractivity contribution is -0.154. The molecule has 2 fully saturated rings. The molecule has 4 aliphatic heterocycles. The first-order valence-electron chi connectivity index (χ1n) is 13.8. The molecule has 40 heavy (non-hydrogen) atoms. The van der Waals surface area contributed by atoms with Crippen LogP contribution in [0.2, 0.25) is 0 Å². The van der Waals surface area contributed by atoms with Crippen LogP contribution in [-0.4, -0.2) is 63.1 Å². The predicted octanol–water partition coefficient (Wildman–Crippen LogP) is 4.13. The van der Waals surface area contributed by atoms with Gasteiger partial charge in [0, 0.05) is 17.0 Å². The van der Waals surface area contributed by atoms with E-state index in [0.29, 0.717) is 13.0 Å². The van der Waals surface area contributed by atoms with Crippen molar-refractivity contribution in [1.29, 1.82) is 0 Å². The van der Waals surface area contributed by atoms with Gasteiger partial charge in [-0.1, -0.05) is 72.8 Å². The van der Waals surface area contributed by atoms with E-state index in [2.05, 4.69) is 0 Å². The lowest BCUT2D eigenvalue weighted by Crippen LogP contribution is -2.55. The first-order valence-corrected chi connectivity index (χ1v) is 14.6. The van der Waals surface area contributed by atoms with E-state index >= 15 is 0 Å². The monoisotopic (exact) mass is 558 g/mol. The van der Waals surface area contributed by atoms with Gasteiger partial charge in [0.1, 0.15) is 6.04 Å². The molecule has 0 aliphatic carbocycles. The summed E-state index contributed by atoms with van der Waals surface area (Å²) in [5, 5.41) is 10.7. The SMILES string of the molecule is Cc1cccc(C)c1N1CC=C[C@]23S[C@]4(C)C=CCCOC(=O)[C@@H]4[C@H]2C(=O)N([C@H](CO)c2ccccc2)C3C1=O.